The highest BCUT2D eigenvalue weighted by Crippen LogP contribution is 2.25. The smallest absolute Gasteiger partial charge is 0.273 e. The number of benzene rings is 1. The maximum absolute atomic E-state index is 12.1. The van der Waals surface area contributed by atoms with E-state index in [1.165, 1.54) is 18.2 Å². The Bertz CT molecular complexity index is 787. The molecule has 0 aliphatic carbocycles. The lowest BCUT2D eigenvalue weighted by atomic mass is 10.2. The van der Waals surface area contributed by atoms with Gasteiger partial charge in [-0.1, -0.05) is 18.2 Å². The van der Waals surface area contributed by atoms with Gasteiger partial charge in [0.25, 0.3) is 5.69 Å². The third-order valence-corrected chi connectivity index (χ3v) is 4.82. The first-order valence-electron chi connectivity index (χ1n) is 5.73. The number of aryl methyl sites for hydroxylation is 1. The number of nitrogens with zero attached hydrogens (tertiary/aromatic N) is 2. The Morgan fingerprint density at radius 1 is 1.43 bits per heavy atom. The van der Waals surface area contributed by atoms with Crippen molar-refractivity contribution in [2.24, 2.45) is 0 Å². The number of hydrogen-bond donors (Lipinski definition) is 2. The molecular weight excluding hydrogens is 364 g/mol. The van der Waals surface area contributed by atoms with Crippen LogP contribution in [0.1, 0.15) is 11.3 Å². The number of aromatic amines is 1. The van der Waals surface area contributed by atoms with Crippen LogP contribution in [0, 0.1) is 17.0 Å². The summed E-state index contributed by atoms with van der Waals surface area (Å²) in [5, 5.41) is 17.3. The van der Waals surface area contributed by atoms with Crippen LogP contribution in [0.2, 0.25) is 0 Å². The van der Waals surface area contributed by atoms with E-state index < -0.39 is 20.7 Å². The maximum Gasteiger partial charge on any atom is 0.273 e. The normalized spacial score (nSPS) is 11.3. The second kappa shape index (κ2) is 5.82. The summed E-state index contributed by atoms with van der Waals surface area (Å²) < 4.78 is 27.0. The van der Waals surface area contributed by atoms with Crippen LogP contribution in [0.25, 0.3) is 0 Å². The fourth-order valence-electron chi connectivity index (χ4n) is 1.68. The number of para-hydroxylation sites is 1. The van der Waals surface area contributed by atoms with E-state index in [1.54, 1.807) is 13.0 Å². The number of sulfonamides is 1. The topological polar surface area (TPSA) is 118 Å². The summed E-state index contributed by atoms with van der Waals surface area (Å²) in [6.07, 6.45) is 0. The SMILES string of the molecule is Cc1[nH]nc(NS(=O)(=O)Cc2ccccc2[N+](=O)[O-])c1Br. The highest BCUT2D eigenvalue weighted by molar-refractivity contribution is 9.10. The highest BCUT2D eigenvalue weighted by atomic mass is 79.9. The van der Waals surface area contributed by atoms with Crippen molar-refractivity contribution in [1.29, 1.82) is 0 Å². The van der Waals surface area contributed by atoms with Gasteiger partial charge in [0.05, 0.1) is 9.40 Å². The number of nitro groups is 1. The molecule has 2 N–H and O–H groups in total. The van der Waals surface area contributed by atoms with Crippen molar-refractivity contribution in [2.75, 3.05) is 4.72 Å². The van der Waals surface area contributed by atoms with Crippen LogP contribution in [-0.2, 0) is 15.8 Å². The third kappa shape index (κ3) is 3.58. The van der Waals surface area contributed by atoms with Crippen molar-refractivity contribution < 1.29 is 13.3 Å². The summed E-state index contributed by atoms with van der Waals surface area (Å²) in [7, 11) is -3.82. The third-order valence-electron chi connectivity index (χ3n) is 2.66. The number of halogens is 1. The van der Waals surface area contributed by atoms with Crippen LogP contribution in [0.3, 0.4) is 0 Å². The van der Waals surface area contributed by atoms with Gasteiger partial charge in [-0.2, -0.15) is 5.10 Å². The maximum atomic E-state index is 12.1. The molecule has 2 aromatic rings. The Balaban J connectivity index is 2.26. The van der Waals surface area contributed by atoms with Crippen molar-refractivity contribution in [3.8, 4) is 0 Å². The molecule has 1 aromatic carbocycles. The number of anilines is 1. The first-order chi connectivity index (χ1) is 9.80. The van der Waals surface area contributed by atoms with Crippen LogP contribution in [0.5, 0.6) is 0 Å². The lowest BCUT2D eigenvalue weighted by Crippen LogP contribution is -2.16. The first-order valence-corrected chi connectivity index (χ1v) is 8.18. The number of nitrogens with one attached hydrogen (secondary N) is 2. The minimum atomic E-state index is -3.82. The molecule has 0 radical (unpaired) electrons. The number of rotatable bonds is 5. The highest BCUT2D eigenvalue weighted by Gasteiger charge is 2.21. The summed E-state index contributed by atoms with van der Waals surface area (Å²) in [6.45, 7) is 1.72. The molecule has 0 aliphatic rings. The van der Waals surface area contributed by atoms with Crippen molar-refractivity contribution in [3.63, 3.8) is 0 Å². The van der Waals surface area contributed by atoms with Gasteiger partial charge in [0.1, 0.15) is 5.75 Å². The van der Waals surface area contributed by atoms with Gasteiger partial charge in [0.2, 0.25) is 10.0 Å². The van der Waals surface area contributed by atoms with Gasteiger partial charge in [-0.15, -0.1) is 0 Å². The molecular formula is C11H11BrN4O4S. The molecule has 8 nitrogen and oxygen atoms in total. The van der Waals surface area contributed by atoms with Crippen molar-refractivity contribution in [1.82, 2.24) is 10.2 Å². The lowest BCUT2D eigenvalue weighted by molar-refractivity contribution is -0.385. The van der Waals surface area contributed by atoms with E-state index in [1.807, 2.05) is 0 Å². The Hall–Kier alpha value is -1.94. The average molecular weight is 375 g/mol. The largest absolute Gasteiger partial charge is 0.280 e. The van der Waals surface area contributed by atoms with Gasteiger partial charge in [0.15, 0.2) is 5.82 Å². The predicted molar refractivity (Wildman–Crippen MR) is 80.4 cm³/mol. The molecule has 0 spiro atoms. The van der Waals surface area contributed by atoms with E-state index in [2.05, 4.69) is 30.8 Å². The minimum absolute atomic E-state index is 0.110. The Labute approximate surface area is 128 Å². The van der Waals surface area contributed by atoms with Crippen LogP contribution < -0.4 is 4.72 Å². The zero-order valence-corrected chi connectivity index (χ0v) is 13.2. The quantitative estimate of drug-likeness (QED) is 0.614. The standard InChI is InChI=1S/C11H11BrN4O4S/c1-7-10(12)11(14-13-7)15-21(19,20)6-8-4-2-3-5-9(8)16(17)18/h2-5H,6H2,1H3,(H2,13,14,15). The monoisotopic (exact) mass is 374 g/mol. The fourth-order valence-corrected chi connectivity index (χ4v) is 3.26. The zero-order valence-electron chi connectivity index (χ0n) is 10.8. The fraction of sp³-hybridized carbons (Fsp3) is 0.182. The van der Waals surface area contributed by atoms with Crippen LogP contribution in [-0.4, -0.2) is 23.5 Å². The van der Waals surface area contributed by atoms with E-state index in [0.717, 1.165) is 0 Å². The molecule has 0 amide bonds. The van der Waals surface area contributed by atoms with E-state index >= 15 is 0 Å². The summed E-state index contributed by atoms with van der Waals surface area (Å²) >= 11 is 3.20. The van der Waals surface area contributed by atoms with Gasteiger partial charge in [-0.25, -0.2) is 8.42 Å². The predicted octanol–water partition coefficient (Wildman–Crippen LogP) is 2.33. The molecule has 0 fully saturated rings. The molecule has 0 unspecified atom stereocenters. The summed E-state index contributed by atoms with van der Waals surface area (Å²) in [4.78, 5) is 10.3. The van der Waals surface area contributed by atoms with E-state index in [4.69, 9.17) is 0 Å². The van der Waals surface area contributed by atoms with E-state index in [-0.39, 0.29) is 17.1 Å². The van der Waals surface area contributed by atoms with Crippen LogP contribution in [0.15, 0.2) is 28.7 Å². The number of nitro benzene ring substituents is 1. The van der Waals surface area contributed by atoms with Gasteiger partial charge in [-0.05, 0) is 22.9 Å². The van der Waals surface area contributed by atoms with Crippen molar-refractivity contribution in [3.05, 3.63) is 50.1 Å². The molecule has 1 heterocycles. The van der Waals surface area contributed by atoms with E-state index in [0.29, 0.717) is 10.2 Å². The first kappa shape index (κ1) is 15.4. The molecule has 112 valence electrons. The molecule has 0 bridgehead atoms. The van der Waals surface area contributed by atoms with Crippen LogP contribution in [0.4, 0.5) is 11.5 Å². The van der Waals surface area contributed by atoms with E-state index in [9.17, 15) is 18.5 Å². The molecule has 2 rings (SSSR count). The zero-order chi connectivity index (χ0) is 15.6. The van der Waals surface area contributed by atoms with Gasteiger partial charge in [-0.3, -0.25) is 19.9 Å². The van der Waals surface area contributed by atoms with Crippen molar-refractivity contribution in [2.45, 2.75) is 12.7 Å². The Morgan fingerprint density at radius 3 is 2.67 bits per heavy atom. The minimum Gasteiger partial charge on any atom is -0.280 e. The molecule has 0 aliphatic heterocycles. The van der Waals surface area contributed by atoms with Gasteiger partial charge < -0.3 is 0 Å². The lowest BCUT2D eigenvalue weighted by Gasteiger charge is -2.06. The average Bonchev–Trinajstić information content (AvgIpc) is 2.70. The summed E-state index contributed by atoms with van der Waals surface area (Å²) in [5.41, 5.74) is 0.539. The second-order valence-electron chi connectivity index (χ2n) is 4.26. The van der Waals surface area contributed by atoms with Crippen molar-refractivity contribution >= 4 is 37.5 Å². The Kier molecular flexibility index (Phi) is 4.28. The van der Waals surface area contributed by atoms with Gasteiger partial charge in [0, 0.05) is 17.3 Å². The molecule has 10 heteroatoms. The number of hydrogen-bond acceptors (Lipinski definition) is 5. The molecule has 0 atom stereocenters. The summed E-state index contributed by atoms with van der Waals surface area (Å²) in [5.74, 6) is -0.395. The molecule has 1 aromatic heterocycles. The summed E-state index contributed by atoms with van der Waals surface area (Å²) in [6, 6.07) is 5.70. The van der Waals surface area contributed by atoms with Crippen LogP contribution >= 0.6 is 15.9 Å². The number of aromatic nitrogens is 2. The van der Waals surface area contributed by atoms with Gasteiger partial charge >= 0.3 is 0 Å². The number of H-pyrrole nitrogens is 1. The Morgan fingerprint density at radius 2 is 2.10 bits per heavy atom. The second-order valence-corrected chi connectivity index (χ2v) is 6.77. The molecule has 21 heavy (non-hydrogen) atoms. The molecule has 0 saturated carbocycles. The molecule has 0 saturated heterocycles.